The van der Waals surface area contributed by atoms with Crippen LogP contribution in [0.1, 0.15) is 17.4 Å². The number of amides is 1. The molecule has 0 radical (unpaired) electrons. The number of esters is 1. The monoisotopic (exact) mass is 255 g/mol. The summed E-state index contributed by atoms with van der Waals surface area (Å²) in [6, 6.07) is 0. The molecule has 3 N–H and O–H groups in total. The molecule has 0 aliphatic heterocycles. The number of rotatable bonds is 6. The first-order chi connectivity index (χ1) is 8.04. The van der Waals surface area contributed by atoms with Gasteiger partial charge in [-0.05, 0) is 6.92 Å². The molecule has 92 valence electrons. The summed E-state index contributed by atoms with van der Waals surface area (Å²) in [4.78, 5) is 26.2. The van der Waals surface area contributed by atoms with Crippen LogP contribution in [0.25, 0.3) is 0 Å². The molecule has 0 fully saturated rings. The number of nitrogens with two attached hydrogens (primary N) is 1. The molecule has 0 spiro atoms. The molecule has 0 aliphatic carbocycles. The molecular weight excluding hydrogens is 242 g/mol. The first-order valence-electron chi connectivity index (χ1n) is 4.85. The molecular formula is C10H13N3O3S. The summed E-state index contributed by atoms with van der Waals surface area (Å²) < 4.78 is 4.80. The summed E-state index contributed by atoms with van der Waals surface area (Å²) in [5.41, 5.74) is 5.12. The van der Waals surface area contributed by atoms with Crippen LogP contribution in [0.2, 0.25) is 0 Å². The lowest BCUT2D eigenvalue weighted by molar-refractivity contribution is -0.125. The Labute approximate surface area is 102 Å². The Bertz CT molecular complexity index is 430. The van der Waals surface area contributed by atoms with Crippen LogP contribution in [0.3, 0.4) is 0 Å². The molecule has 6 nitrogen and oxygen atoms in total. The fraction of sp³-hybridized carbons (Fsp3) is 0.300. The minimum atomic E-state index is -0.964. The van der Waals surface area contributed by atoms with Crippen molar-refractivity contribution in [2.24, 2.45) is 5.73 Å². The highest BCUT2D eigenvalue weighted by Gasteiger charge is 2.18. The lowest BCUT2D eigenvalue weighted by Crippen LogP contribution is -2.30. The first-order valence-corrected chi connectivity index (χ1v) is 5.73. The molecule has 7 heteroatoms. The predicted molar refractivity (Wildman–Crippen MR) is 64.9 cm³/mol. The number of thiazole rings is 1. The Morgan fingerprint density at radius 3 is 3.06 bits per heavy atom. The summed E-state index contributed by atoms with van der Waals surface area (Å²) >= 11 is 1.27. The molecule has 0 aromatic carbocycles. The van der Waals surface area contributed by atoms with Crippen LogP contribution in [-0.2, 0) is 9.53 Å². The number of nitrogens with one attached hydrogen (secondary N) is 1. The van der Waals surface area contributed by atoms with Crippen molar-refractivity contribution in [3.05, 3.63) is 23.7 Å². The van der Waals surface area contributed by atoms with E-state index in [4.69, 9.17) is 10.5 Å². The van der Waals surface area contributed by atoms with Crippen molar-refractivity contribution in [1.29, 1.82) is 0 Å². The van der Waals surface area contributed by atoms with Gasteiger partial charge in [-0.2, -0.15) is 0 Å². The number of hydrogen-bond donors (Lipinski definition) is 2. The molecule has 0 saturated heterocycles. The van der Waals surface area contributed by atoms with E-state index in [1.807, 2.05) is 0 Å². The Morgan fingerprint density at radius 1 is 1.76 bits per heavy atom. The van der Waals surface area contributed by atoms with E-state index >= 15 is 0 Å². The van der Waals surface area contributed by atoms with Gasteiger partial charge in [-0.3, -0.25) is 4.79 Å². The topological polar surface area (TPSA) is 94.3 Å². The third-order valence-electron chi connectivity index (χ3n) is 1.80. The van der Waals surface area contributed by atoms with Crippen molar-refractivity contribution in [2.45, 2.75) is 13.0 Å². The molecule has 1 heterocycles. The first kappa shape index (κ1) is 13.2. The van der Waals surface area contributed by atoms with Gasteiger partial charge in [0, 0.05) is 11.9 Å². The third kappa shape index (κ3) is 3.87. The van der Waals surface area contributed by atoms with Gasteiger partial charge in [0.1, 0.15) is 0 Å². The van der Waals surface area contributed by atoms with E-state index in [-0.39, 0.29) is 5.69 Å². The average Bonchev–Trinajstić information content (AvgIpc) is 2.74. The van der Waals surface area contributed by atoms with Gasteiger partial charge in [0.15, 0.2) is 16.9 Å². The molecule has 17 heavy (non-hydrogen) atoms. The highest BCUT2D eigenvalue weighted by atomic mass is 32.1. The van der Waals surface area contributed by atoms with E-state index < -0.39 is 18.0 Å². The maximum atomic E-state index is 11.5. The summed E-state index contributed by atoms with van der Waals surface area (Å²) in [7, 11) is 0. The second kappa shape index (κ2) is 6.00. The second-order valence-electron chi connectivity index (χ2n) is 3.16. The van der Waals surface area contributed by atoms with E-state index in [0.717, 1.165) is 0 Å². The zero-order valence-corrected chi connectivity index (χ0v) is 10.1. The maximum absolute atomic E-state index is 11.5. The number of aromatic nitrogens is 1. The quantitative estimate of drug-likeness (QED) is 0.578. The number of hydrogen-bond acceptors (Lipinski definition) is 6. The fourth-order valence-electron chi connectivity index (χ4n) is 0.887. The molecule has 1 rings (SSSR count). The fourth-order valence-corrected chi connectivity index (χ4v) is 1.58. The highest BCUT2D eigenvalue weighted by Crippen LogP contribution is 2.16. The van der Waals surface area contributed by atoms with Gasteiger partial charge in [0.2, 0.25) is 0 Å². The summed E-state index contributed by atoms with van der Waals surface area (Å²) in [5, 5.41) is 5.07. The molecule has 0 unspecified atom stereocenters. The number of anilines is 1. The molecule has 1 amide bonds. The lowest BCUT2D eigenvalue weighted by Gasteiger charge is -2.07. The number of nitrogens with zero attached hydrogens (tertiary/aromatic N) is 1. The van der Waals surface area contributed by atoms with Gasteiger partial charge in [-0.15, -0.1) is 17.9 Å². The van der Waals surface area contributed by atoms with Crippen molar-refractivity contribution in [3.63, 3.8) is 0 Å². The van der Waals surface area contributed by atoms with Crippen LogP contribution >= 0.6 is 11.3 Å². The third-order valence-corrected chi connectivity index (χ3v) is 2.60. The van der Waals surface area contributed by atoms with Crippen molar-refractivity contribution in [2.75, 3.05) is 11.9 Å². The van der Waals surface area contributed by atoms with Crippen LogP contribution in [-0.4, -0.2) is 29.5 Å². The number of carbonyl (C=O) groups excluding carboxylic acids is 2. The van der Waals surface area contributed by atoms with Gasteiger partial charge in [0.25, 0.3) is 5.91 Å². The standard InChI is InChI=1S/C10H13N3O3S/c1-3-4-12-10-13-7(5-17-10)9(15)16-6(2)8(11)14/h3,5-6H,1,4H2,2H3,(H2,11,14)(H,12,13)/t6-/m1/s1. The molecule has 1 aromatic heterocycles. The molecule has 0 bridgehead atoms. The molecule has 1 aromatic rings. The summed E-state index contributed by atoms with van der Waals surface area (Å²) in [6.45, 7) is 5.51. The summed E-state index contributed by atoms with van der Waals surface area (Å²) in [5.74, 6) is -1.36. The minimum absolute atomic E-state index is 0.148. The largest absolute Gasteiger partial charge is 0.448 e. The van der Waals surface area contributed by atoms with Crippen LogP contribution in [0.5, 0.6) is 0 Å². The highest BCUT2D eigenvalue weighted by molar-refractivity contribution is 7.13. The van der Waals surface area contributed by atoms with Crippen LogP contribution in [0.15, 0.2) is 18.0 Å². The van der Waals surface area contributed by atoms with E-state index in [9.17, 15) is 9.59 Å². The van der Waals surface area contributed by atoms with E-state index in [0.29, 0.717) is 11.7 Å². The smallest absolute Gasteiger partial charge is 0.358 e. The van der Waals surface area contributed by atoms with E-state index in [2.05, 4.69) is 16.9 Å². The zero-order valence-electron chi connectivity index (χ0n) is 9.30. The van der Waals surface area contributed by atoms with E-state index in [1.54, 1.807) is 11.5 Å². The van der Waals surface area contributed by atoms with Gasteiger partial charge < -0.3 is 15.8 Å². The normalized spacial score (nSPS) is 11.6. The van der Waals surface area contributed by atoms with Crippen LogP contribution < -0.4 is 11.1 Å². The lowest BCUT2D eigenvalue weighted by atomic mass is 10.4. The van der Waals surface area contributed by atoms with Crippen molar-refractivity contribution in [3.8, 4) is 0 Å². The van der Waals surface area contributed by atoms with Gasteiger partial charge in [-0.25, -0.2) is 9.78 Å². The number of carbonyl (C=O) groups is 2. The van der Waals surface area contributed by atoms with Gasteiger partial charge in [0.05, 0.1) is 0 Å². The van der Waals surface area contributed by atoms with Crippen LogP contribution in [0.4, 0.5) is 5.13 Å². The Balaban J connectivity index is 2.60. The van der Waals surface area contributed by atoms with E-state index in [1.165, 1.54) is 18.3 Å². The zero-order chi connectivity index (χ0) is 12.8. The molecule has 0 aliphatic rings. The second-order valence-corrected chi connectivity index (χ2v) is 4.02. The average molecular weight is 255 g/mol. The Kier molecular flexibility index (Phi) is 4.65. The Hall–Kier alpha value is -1.89. The molecule has 1 atom stereocenters. The van der Waals surface area contributed by atoms with Crippen molar-refractivity contribution in [1.82, 2.24) is 4.98 Å². The number of primary amides is 1. The summed E-state index contributed by atoms with van der Waals surface area (Å²) in [6.07, 6.45) is 0.711. The van der Waals surface area contributed by atoms with Gasteiger partial charge in [-0.1, -0.05) is 6.08 Å². The maximum Gasteiger partial charge on any atom is 0.358 e. The SMILES string of the molecule is C=CCNc1nc(C(=O)O[C@H](C)C(N)=O)cs1. The molecule has 0 saturated carbocycles. The van der Waals surface area contributed by atoms with Crippen molar-refractivity contribution >= 4 is 28.3 Å². The van der Waals surface area contributed by atoms with Crippen LogP contribution in [0, 0.1) is 0 Å². The predicted octanol–water partition coefficient (Wildman–Crippen LogP) is 0.772. The minimum Gasteiger partial charge on any atom is -0.448 e. The number of ether oxygens (including phenoxy) is 1. The Morgan fingerprint density at radius 2 is 2.47 bits per heavy atom. The van der Waals surface area contributed by atoms with Gasteiger partial charge >= 0.3 is 5.97 Å². The van der Waals surface area contributed by atoms with Crippen molar-refractivity contribution < 1.29 is 14.3 Å².